The van der Waals surface area contributed by atoms with E-state index in [9.17, 15) is 4.79 Å². The summed E-state index contributed by atoms with van der Waals surface area (Å²) in [4.78, 5) is 26.6. The number of Topliss-reactive ketones (excluding diaryl/α,β-unsaturated/α-hetero) is 1. The van der Waals surface area contributed by atoms with Crippen LogP contribution in [-0.2, 0) is 11.2 Å². The second-order valence-electron chi connectivity index (χ2n) is 7.12. The van der Waals surface area contributed by atoms with Crippen LogP contribution >= 0.6 is 11.3 Å². The maximum absolute atomic E-state index is 12.8. The van der Waals surface area contributed by atoms with E-state index in [1.807, 2.05) is 29.1 Å². The van der Waals surface area contributed by atoms with E-state index in [-0.39, 0.29) is 5.78 Å². The number of allylic oxidation sites excluding steroid dienone is 1. The Morgan fingerprint density at radius 2 is 2.04 bits per heavy atom. The minimum Gasteiger partial charge on any atom is -0.354 e. The molecule has 27 heavy (non-hydrogen) atoms. The predicted molar refractivity (Wildman–Crippen MR) is 108 cm³/mol. The number of carbonyl (C=O) groups excluding carboxylic acids is 1. The second kappa shape index (κ2) is 6.58. The Kier molecular flexibility index (Phi) is 4.06. The molecule has 0 saturated carbocycles. The van der Waals surface area contributed by atoms with E-state index < -0.39 is 0 Å². The molecule has 1 aliphatic heterocycles. The number of anilines is 1. The minimum absolute atomic E-state index is 0.150. The van der Waals surface area contributed by atoms with Crippen molar-refractivity contribution in [2.45, 2.75) is 19.8 Å². The summed E-state index contributed by atoms with van der Waals surface area (Å²) in [6.45, 7) is 5.97. The first-order valence-electron chi connectivity index (χ1n) is 9.32. The van der Waals surface area contributed by atoms with Crippen molar-refractivity contribution in [2.24, 2.45) is 0 Å². The highest BCUT2D eigenvalue weighted by molar-refractivity contribution is 7.17. The minimum atomic E-state index is 0.150. The molecular formula is C20H21N5OS. The quantitative estimate of drug-likeness (QED) is 0.741. The van der Waals surface area contributed by atoms with Crippen molar-refractivity contribution in [2.75, 3.05) is 31.1 Å². The Hall–Kier alpha value is -2.51. The average Bonchev–Trinajstić information content (AvgIpc) is 3.17. The maximum Gasteiger partial charge on any atom is 0.194 e. The number of ketones is 1. The van der Waals surface area contributed by atoms with Gasteiger partial charge in [0.05, 0.1) is 5.69 Å². The fourth-order valence-electron chi connectivity index (χ4n) is 3.78. The molecule has 1 saturated heterocycles. The van der Waals surface area contributed by atoms with E-state index in [1.165, 1.54) is 10.4 Å². The molecule has 1 aliphatic carbocycles. The number of aromatic nitrogens is 3. The zero-order valence-electron chi connectivity index (χ0n) is 15.2. The van der Waals surface area contributed by atoms with Gasteiger partial charge in [0.25, 0.3) is 0 Å². The third-order valence-electron chi connectivity index (χ3n) is 5.22. The van der Waals surface area contributed by atoms with Gasteiger partial charge in [0.15, 0.2) is 10.7 Å². The maximum atomic E-state index is 12.8. The topological polar surface area (TPSA) is 62.5 Å². The molecule has 5 rings (SSSR count). The summed E-state index contributed by atoms with van der Waals surface area (Å²) in [5.41, 5.74) is 3.67. The Morgan fingerprint density at radius 1 is 1.19 bits per heavy atom. The number of aryl methyl sites for hydroxylation is 2. The van der Waals surface area contributed by atoms with Crippen molar-refractivity contribution in [1.29, 1.82) is 0 Å². The number of hydrogen-bond donors (Lipinski definition) is 1. The number of carbonyl (C=O) groups is 1. The van der Waals surface area contributed by atoms with Crippen LogP contribution in [0.5, 0.6) is 0 Å². The molecule has 0 unspecified atom stereocenters. The summed E-state index contributed by atoms with van der Waals surface area (Å²) in [6.07, 6.45) is 9.14. The van der Waals surface area contributed by atoms with Crippen molar-refractivity contribution >= 4 is 39.5 Å². The lowest BCUT2D eigenvalue weighted by molar-refractivity contribution is -0.113. The number of nitrogens with one attached hydrogen (secondary N) is 1. The number of piperazine rings is 1. The van der Waals surface area contributed by atoms with Crippen molar-refractivity contribution in [3.63, 3.8) is 0 Å². The summed E-state index contributed by atoms with van der Waals surface area (Å²) in [6, 6.07) is 2.16. The highest BCUT2D eigenvalue weighted by atomic mass is 32.1. The van der Waals surface area contributed by atoms with Crippen LogP contribution in [0.3, 0.4) is 0 Å². The fraction of sp³-hybridized carbons (Fsp3) is 0.350. The van der Waals surface area contributed by atoms with E-state index >= 15 is 0 Å². The van der Waals surface area contributed by atoms with E-state index in [4.69, 9.17) is 0 Å². The number of rotatable bonds is 2. The molecule has 0 aromatic carbocycles. The molecule has 0 bridgehead atoms. The van der Waals surface area contributed by atoms with Gasteiger partial charge in [0.1, 0.15) is 5.82 Å². The summed E-state index contributed by atoms with van der Waals surface area (Å²) < 4.78 is 2.00. The summed E-state index contributed by atoms with van der Waals surface area (Å²) in [5, 5.41) is 3.37. The second-order valence-corrected chi connectivity index (χ2v) is 8.33. The molecule has 0 atom stereocenters. The summed E-state index contributed by atoms with van der Waals surface area (Å²) in [7, 11) is 0. The summed E-state index contributed by atoms with van der Waals surface area (Å²) >= 11 is 1.64. The molecule has 0 spiro atoms. The lowest BCUT2D eigenvalue weighted by Gasteiger charge is -2.28. The largest absolute Gasteiger partial charge is 0.354 e. The third-order valence-corrected chi connectivity index (χ3v) is 6.13. The van der Waals surface area contributed by atoms with Gasteiger partial charge in [0.2, 0.25) is 0 Å². The number of imidazole rings is 1. The molecule has 3 aromatic rings. The fourth-order valence-corrected chi connectivity index (χ4v) is 4.59. The molecule has 7 heteroatoms. The standard InChI is InChI=1S/C20H21N5OS/c1-13-11-25-12-17(23-20(25)27-13)16-8-15-10-22-19(24-6-4-21-5-7-24)9-14(15)2-3-18(16)26/h8-12,21H,2-7H2,1H3. The van der Waals surface area contributed by atoms with Crippen LogP contribution in [0.4, 0.5) is 5.82 Å². The Bertz CT molecular complexity index is 1030. The van der Waals surface area contributed by atoms with Crippen LogP contribution < -0.4 is 10.2 Å². The Labute approximate surface area is 161 Å². The van der Waals surface area contributed by atoms with Gasteiger partial charge in [-0.25, -0.2) is 9.97 Å². The van der Waals surface area contributed by atoms with Gasteiger partial charge in [-0.1, -0.05) is 0 Å². The van der Waals surface area contributed by atoms with E-state index in [1.54, 1.807) is 11.3 Å². The van der Waals surface area contributed by atoms with Crippen molar-refractivity contribution < 1.29 is 4.79 Å². The monoisotopic (exact) mass is 379 g/mol. The van der Waals surface area contributed by atoms with Gasteiger partial charge < -0.3 is 10.2 Å². The molecule has 138 valence electrons. The number of fused-ring (bicyclic) bond motifs is 2. The highest BCUT2D eigenvalue weighted by Gasteiger charge is 2.22. The van der Waals surface area contributed by atoms with Gasteiger partial charge in [-0.3, -0.25) is 9.20 Å². The molecule has 0 radical (unpaired) electrons. The molecule has 0 amide bonds. The zero-order valence-corrected chi connectivity index (χ0v) is 16.1. The molecule has 6 nitrogen and oxygen atoms in total. The van der Waals surface area contributed by atoms with Gasteiger partial charge in [0, 0.05) is 61.6 Å². The first kappa shape index (κ1) is 16.6. The lowest BCUT2D eigenvalue weighted by Crippen LogP contribution is -2.43. The number of nitrogens with zero attached hydrogens (tertiary/aromatic N) is 4. The molecule has 4 heterocycles. The van der Waals surface area contributed by atoms with Gasteiger partial charge in [-0.05, 0) is 36.6 Å². The number of thiazole rings is 1. The van der Waals surface area contributed by atoms with Crippen LogP contribution in [0, 0.1) is 6.92 Å². The third kappa shape index (κ3) is 3.07. The van der Waals surface area contributed by atoms with Crippen LogP contribution in [0.25, 0.3) is 16.6 Å². The van der Waals surface area contributed by atoms with Gasteiger partial charge in [-0.2, -0.15) is 0 Å². The number of pyridine rings is 1. The SMILES string of the molecule is Cc1cn2cc(C3=Cc4cnc(N5CCNCC5)cc4CCC3=O)nc2s1. The Balaban J connectivity index is 1.52. The van der Waals surface area contributed by atoms with Crippen LogP contribution in [0.1, 0.15) is 28.1 Å². The van der Waals surface area contributed by atoms with E-state index in [0.29, 0.717) is 12.0 Å². The van der Waals surface area contributed by atoms with Gasteiger partial charge >= 0.3 is 0 Å². The van der Waals surface area contributed by atoms with Crippen molar-refractivity contribution in [3.8, 4) is 0 Å². The molecule has 2 aliphatic rings. The summed E-state index contributed by atoms with van der Waals surface area (Å²) in [5.74, 6) is 1.16. The van der Waals surface area contributed by atoms with Crippen LogP contribution in [-0.4, -0.2) is 46.3 Å². The highest BCUT2D eigenvalue weighted by Crippen LogP contribution is 2.29. The first-order chi connectivity index (χ1) is 13.2. The van der Waals surface area contributed by atoms with Crippen molar-refractivity contribution in [3.05, 3.63) is 46.4 Å². The van der Waals surface area contributed by atoms with Crippen molar-refractivity contribution in [1.82, 2.24) is 19.7 Å². The van der Waals surface area contributed by atoms with Gasteiger partial charge in [-0.15, -0.1) is 11.3 Å². The zero-order chi connectivity index (χ0) is 18.4. The molecule has 3 aromatic heterocycles. The average molecular weight is 379 g/mol. The van der Waals surface area contributed by atoms with Crippen LogP contribution in [0.2, 0.25) is 0 Å². The number of hydrogen-bond acceptors (Lipinski definition) is 6. The van der Waals surface area contributed by atoms with E-state index in [2.05, 4.69) is 33.2 Å². The predicted octanol–water partition coefficient (Wildman–Crippen LogP) is 2.56. The molecule has 1 N–H and O–H groups in total. The normalized spacial score (nSPS) is 17.7. The van der Waals surface area contributed by atoms with E-state index in [0.717, 1.165) is 54.6 Å². The van der Waals surface area contributed by atoms with Crippen LogP contribution in [0.15, 0.2) is 24.7 Å². The molecular weight excluding hydrogens is 358 g/mol. The molecule has 1 fully saturated rings. The Morgan fingerprint density at radius 3 is 2.85 bits per heavy atom. The lowest BCUT2D eigenvalue weighted by atomic mass is 10.1. The first-order valence-corrected chi connectivity index (χ1v) is 10.1. The smallest absolute Gasteiger partial charge is 0.194 e.